The molecule has 136 valence electrons. The minimum atomic E-state index is -3.97. The van der Waals surface area contributed by atoms with E-state index in [0.29, 0.717) is 12.2 Å². The van der Waals surface area contributed by atoms with Crippen molar-refractivity contribution in [2.24, 2.45) is 0 Å². The van der Waals surface area contributed by atoms with Gasteiger partial charge in [0.2, 0.25) is 0 Å². The second kappa shape index (κ2) is 8.27. The van der Waals surface area contributed by atoms with E-state index in [1.807, 2.05) is 6.92 Å². The van der Waals surface area contributed by atoms with Crippen molar-refractivity contribution in [2.75, 3.05) is 23.2 Å². The third-order valence-corrected chi connectivity index (χ3v) is 6.18. The number of esters is 1. The van der Waals surface area contributed by atoms with Crippen LogP contribution in [-0.4, -0.2) is 27.5 Å². The lowest BCUT2D eigenvalue weighted by Crippen LogP contribution is -2.15. The highest BCUT2D eigenvalue weighted by Crippen LogP contribution is 2.36. The van der Waals surface area contributed by atoms with Gasteiger partial charge in [0.25, 0.3) is 10.0 Å². The van der Waals surface area contributed by atoms with E-state index in [2.05, 4.69) is 10.0 Å². The largest absolute Gasteiger partial charge is 0.462 e. The number of hydrogen-bond donors (Lipinski definition) is 2. The predicted molar refractivity (Wildman–Crippen MR) is 102 cm³/mol. The third-order valence-electron chi connectivity index (χ3n) is 3.06. The number of benzene rings is 1. The Bertz CT molecular complexity index is 882. The Balaban J connectivity index is 2.43. The fraction of sp³-hybridized carbons (Fsp3) is 0.267. The molecule has 0 saturated carbocycles. The molecule has 0 aliphatic heterocycles. The number of hydrogen-bond acceptors (Lipinski definition) is 6. The molecule has 1 aromatic heterocycles. The zero-order chi connectivity index (χ0) is 18.6. The van der Waals surface area contributed by atoms with Gasteiger partial charge in [-0.15, -0.1) is 11.3 Å². The van der Waals surface area contributed by atoms with Crippen molar-refractivity contribution in [3.8, 4) is 0 Å². The number of nitrogens with one attached hydrogen (secondary N) is 2. The first-order valence-electron chi connectivity index (χ1n) is 7.31. The Labute approximate surface area is 160 Å². The summed E-state index contributed by atoms with van der Waals surface area (Å²) in [6.45, 7) is 4.35. The number of sulfonamides is 1. The molecule has 0 aliphatic carbocycles. The van der Waals surface area contributed by atoms with Crippen molar-refractivity contribution in [3.05, 3.63) is 38.5 Å². The maximum absolute atomic E-state index is 12.6. The van der Waals surface area contributed by atoms with Gasteiger partial charge in [0.15, 0.2) is 0 Å². The Hall–Kier alpha value is -1.48. The number of rotatable bonds is 7. The van der Waals surface area contributed by atoms with E-state index in [1.165, 1.54) is 12.1 Å². The highest BCUT2D eigenvalue weighted by atomic mass is 35.5. The number of ether oxygens (including phenoxy) is 1. The fourth-order valence-electron chi connectivity index (χ4n) is 2.02. The smallest absolute Gasteiger partial charge is 0.338 e. The summed E-state index contributed by atoms with van der Waals surface area (Å²) >= 11 is 12.7. The van der Waals surface area contributed by atoms with E-state index in [9.17, 15) is 13.2 Å². The van der Waals surface area contributed by atoms with Gasteiger partial charge in [0.05, 0.1) is 27.9 Å². The molecular formula is C15H16Cl2N2O4S2. The zero-order valence-electron chi connectivity index (χ0n) is 13.4. The van der Waals surface area contributed by atoms with Crippen LogP contribution in [0.1, 0.15) is 24.2 Å². The van der Waals surface area contributed by atoms with Crippen LogP contribution < -0.4 is 10.0 Å². The average Bonchev–Trinajstić information content (AvgIpc) is 2.88. The molecular weight excluding hydrogens is 407 g/mol. The molecule has 2 rings (SSSR count). The Morgan fingerprint density at radius 1 is 1.20 bits per heavy atom. The van der Waals surface area contributed by atoms with Crippen LogP contribution in [0.3, 0.4) is 0 Å². The van der Waals surface area contributed by atoms with E-state index < -0.39 is 16.0 Å². The van der Waals surface area contributed by atoms with Crippen LogP contribution >= 0.6 is 34.5 Å². The standard InChI is InChI=1S/C15H16Cl2N2O4S2/c1-3-18-10-6-5-9(15(20)23-4-2)7-11(10)19-25(21,22)12-8-13(16)24-14(12)17/h5-8,18-19H,3-4H2,1-2H3. The molecule has 0 amide bonds. The minimum Gasteiger partial charge on any atom is -0.462 e. The van der Waals surface area contributed by atoms with Gasteiger partial charge in [-0.25, -0.2) is 13.2 Å². The van der Waals surface area contributed by atoms with Crippen molar-refractivity contribution >= 4 is 61.9 Å². The monoisotopic (exact) mass is 422 g/mol. The molecule has 0 aliphatic rings. The van der Waals surface area contributed by atoms with Crippen molar-refractivity contribution in [3.63, 3.8) is 0 Å². The Morgan fingerprint density at radius 2 is 1.92 bits per heavy atom. The highest BCUT2D eigenvalue weighted by Gasteiger charge is 2.23. The molecule has 2 aromatic rings. The van der Waals surface area contributed by atoms with Crippen molar-refractivity contribution in [1.82, 2.24) is 0 Å². The molecule has 0 unspecified atom stereocenters. The van der Waals surface area contributed by atoms with Crippen LogP contribution in [0.5, 0.6) is 0 Å². The summed E-state index contributed by atoms with van der Waals surface area (Å²) in [7, 11) is -3.97. The first-order valence-corrected chi connectivity index (χ1v) is 10.4. The summed E-state index contributed by atoms with van der Waals surface area (Å²) in [4.78, 5) is 11.8. The lowest BCUT2D eigenvalue weighted by atomic mass is 10.1. The van der Waals surface area contributed by atoms with E-state index in [0.717, 1.165) is 11.3 Å². The second-order valence-electron chi connectivity index (χ2n) is 4.81. The Kier molecular flexibility index (Phi) is 6.56. The number of carbonyl (C=O) groups is 1. The lowest BCUT2D eigenvalue weighted by Gasteiger charge is -2.14. The zero-order valence-corrected chi connectivity index (χ0v) is 16.6. The molecule has 0 radical (unpaired) electrons. The second-order valence-corrected chi connectivity index (χ2v) is 8.74. The van der Waals surface area contributed by atoms with Gasteiger partial charge in [-0.2, -0.15) is 0 Å². The molecule has 0 fully saturated rings. The molecule has 0 atom stereocenters. The van der Waals surface area contributed by atoms with Crippen LogP contribution in [0.15, 0.2) is 29.2 Å². The first-order chi connectivity index (χ1) is 11.8. The van der Waals surface area contributed by atoms with Gasteiger partial charge in [0.1, 0.15) is 9.23 Å². The fourth-order valence-corrected chi connectivity index (χ4v) is 5.24. The Morgan fingerprint density at radius 3 is 2.48 bits per heavy atom. The maximum atomic E-state index is 12.6. The van der Waals surface area contributed by atoms with E-state index in [1.54, 1.807) is 19.1 Å². The minimum absolute atomic E-state index is 0.0593. The molecule has 0 saturated heterocycles. The molecule has 2 N–H and O–H groups in total. The molecule has 25 heavy (non-hydrogen) atoms. The topological polar surface area (TPSA) is 84.5 Å². The molecule has 10 heteroatoms. The molecule has 1 aromatic carbocycles. The molecule has 0 spiro atoms. The van der Waals surface area contributed by atoms with Gasteiger partial charge in [-0.3, -0.25) is 4.72 Å². The van der Waals surface area contributed by atoms with Crippen LogP contribution in [0.4, 0.5) is 11.4 Å². The van der Waals surface area contributed by atoms with Gasteiger partial charge < -0.3 is 10.1 Å². The van der Waals surface area contributed by atoms with Gasteiger partial charge in [0, 0.05) is 6.54 Å². The van der Waals surface area contributed by atoms with Gasteiger partial charge in [-0.1, -0.05) is 23.2 Å². The number of anilines is 2. The number of carbonyl (C=O) groups excluding carboxylic acids is 1. The van der Waals surface area contributed by atoms with Crippen molar-refractivity contribution in [1.29, 1.82) is 0 Å². The highest BCUT2D eigenvalue weighted by molar-refractivity contribution is 7.93. The first kappa shape index (κ1) is 19.8. The summed E-state index contributed by atoms with van der Waals surface area (Å²) in [6, 6.07) is 5.85. The molecule has 1 heterocycles. The lowest BCUT2D eigenvalue weighted by molar-refractivity contribution is 0.0526. The molecule has 0 bridgehead atoms. The van der Waals surface area contributed by atoms with Crippen LogP contribution in [-0.2, 0) is 14.8 Å². The number of halogens is 2. The third kappa shape index (κ3) is 4.78. The van der Waals surface area contributed by atoms with Gasteiger partial charge in [-0.05, 0) is 38.1 Å². The van der Waals surface area contributed by atoms with Crippen molar-refractivity contribution in [2.45, 2.75) is 18.7 Å². The van der Waals surface area contributed by atoms with Crippen LogP contribution in [0.25, 0.3) is 0 Å². The summed E-state index contributed by atoms with van der Waals surface area (Å²) in [6.07, 6.45) is 0. The van der Waals surface area contributed by atoms with Crippen LogP contribution in [0.2, 0.25) is 8.67 Å². The van der Waals surface area contributed by atoms with E-state index >= 15 is 0 Å². The SMILES string of the molecule is CCNc1ccc(C(=O)OCC)cc1NS(=O)(=O)c1cc(Cl)sc1Cl. The average molecular weight is 423 g/mol. The quantitative estimate of drug-likeness (QED) is 0.643. The van der Waals surface area contributed by atoms with Crippen LogP contribution in [0, 0.1) is 0 Å². The predicted octanol–water partition coefficient (Wildman–Crippen LogP) is 4.46. The summed E-state index contributed by atoms with van der Waals surface area (Å²) in [5.74, 6) is -0.539. The summed E-state index contributed by atoms with van der Waals surface area (Å²) in [5, 5.41) is 3.03. The maximum Gasteiger partial charge on any atom is 0.338 e. The summed E-state index contributed by atoms with van der Waals surface area (Å²) in [5.41, 5.74) is 0.970. The normalized spacial score (nSPS) is 11.2. The summed E-state index contributed by atoms with van der Waals surface area (Å²) < 4.78 is 32.9. The molecule has 6 nitrogen and oxygen atoms in total. The van der Waals surface area contributed by atoms with Crippen molar-refractivity contribution < 1.29 is 17.9 Å². The van der Waals surface area contributed by atoms with E-state index in [4.69, 9.17) is 27.9 Å². The number of thiophene rings is 1. The van der Waals surface area contributed by atoms with E-state index in [-0.39, 0.29) is 31.4 Å². The van der Waals surface area contributed by atoms with Gasteiger partial charge >= 0.3 is 5.97 Å².